The first-order chi connectivity index (χ1) is 36.3. The van der Waals surface area contributed by atoms with Crippen LogP contribution in [0.1, 0.15) is 118 Å². The third-order valence-corrected chi connectivity index (χ3v) is 18.6. The van der Waals surface area contributed by atoms with E-state index in [-0.39, 0.29) is 29.8 Å². The van der Waals surface area contributed by atoms with Crippen LogP contribution in [0.3, 0.4) is 0 Å². The van der Waals surface area contributed by atoms with E-state index in [0.29, 0.717) is 70.5 Å². The number of imidazole rings is 2. The second-order valence-corrected chi connectivity index (χ2v) is 28.7. The first-order valence-corrected chi connectivity index (χ1v) is 30.3. The summed E-state index contributed by atoms with van der Waals surface area (Å²) in [6.07, 6.45) is 7.55. The zero-order valence-corrected chi connectivity index (χ0v) is 45.7. The zero-order chi connectivity index (χ0) is 53.4. The van der Waals surface area contributed by atoms with Gasteiger partial charge in [0.25, 0.3) is 0 Å². The third-order valence-electron chi connectivity index (χ3n) is 14.7. The van der Waals surface area contributed by atoms with Crippen LogP contribution in [-0.4, -0.2) is 103 Å². The number of benzene rings is 3. The maximum Gasteiger partial charge on any atom is 0.408 e. The van der Waals surface area contributed by atoms with E-state index in [9.17, 15) is 19.2 Å². The molecule has 5 atom stereocenters. The number of hydrogen-bond acceptors (Lipinski definition) is 11. The molecule has 4 N–H and O–H groups in total. The molecule has 1 saturated carbocycles. The van der Waals surface area contributed by atoms with Crippen LogP contribution in [0, 0.1) is 11.7 Å². The van der Waals surface area contributed by atoms with Crippen molar-refractivity contribution < 1.29 is 37.8 Å². The molecule has 1 aliphatic carbocycles. The highest BCUT2D eigenvalue weighted by atomic mass is 32.1. The molecule has 4 aliphatic rings. The molecule has 3 fully saturated rings. The van der Waals surface area contributed by atoms with Crippen molar-refractivity contribution in [3.8, 4) is 39.5 Å². The summed E-state index contributed by atoms with van der Waals surface area (Å²) in [5.74, 6) is 0.926. The summed E-state index contributed by atoms with van der Waals surface area (Å²) in [4.78, 5) is 79.9. The molecule has 3 aliphatic heterocycles. The lowest BCUT2D eigenvalue weighted by Gasteiger charge is -2.30. The van der Waals surface area contributed by atoms with Gasteiger partial charge in [-0.25, -0.2) is 28.9 Å². The molecule has 4 aromatic heterocycles. The van der Waals surface area contributed by atoms with Gasteiger partial charge in [-0.05, 0) is 94.3 Å². The molecule has 1 unspecified atom stereocenters. The number of aromatic amines is 2. The van der Waals surface area contributed by atoms with Gasteiger partial charge in [-0.2, -0.15) is 0 Å². The number of fused-ring (bicyclic) bond motifs is 5. The van der Waals surface area contributed by atoms with Crippen molar-refractivity contribution in [2.75, 3.05) is 19.8 Å². The van der Waals surface area contributed by atoms with Crippen LogP contribution < -0.4 is 15.4 Å². The van der Waals surface area contributed by atoms with Gasteiger partial charge in [-0.15, -0.1) is 11.3 Å². The molecular formula is C56H63FN10O7SSi. The SMILES string of the molecule is COC(=O)N[C@H](C(=O)N1CCC[C@H]1c1ncc(-c2cc(F)c3c(c2)O[C@@H](c2cnc(C4CC4)s2)n2c-3cc3cc(-c4cnc([C@@H]5C[Si](C)(C)CN5C(=O)C(NC(=O)OC(C)(C)C)c5ccccc5)[nH]4)ccc32)[nH]1)C(C)C. The Balaban J connectivity index is 0.905. The molecule has 3 aromatic carbocycles. The Hall–Kier alpha value is -7.32. The zero-order valence-electron chi connectivity index (χ0n) is 43.9. The van der Waals surface area contributed by atoms with Crippen LogP contribution in [0.5, 0.6) is 5.75 Å². The van der Waals surface area contributed by atoms with Gasteiger partial charge in [0.05, 0.1) is 77.7 Å². The number of amides is 4. The molecule has 20 heteroatoms. The van der Waals surface area contributed by atoms with Crippen LogP contribution >= 0.6 is 11.3 Å². The number of methoxy groups -OCH3 is 1. The molecule has 396 valence electrons. The second kappa shape index (κ2) is 19.7. The Kier molecular flexibility index (Phi) is 13.2. The Morgan fingerprint density at radius 1 is 0.842 bits per heavy atom. The summed E-state index contributed by atoms with van der Waals surface area (Å²) >= 11 is 1.62. The Morgan fingerprint density at radius 3 is 2.26 bits per heavy atom. The number of carbonyl (C=O) groups is 4. The molecule has 4 amide bonds. The number of halogens is 1. The first-order valence-electron chi connectivity index (χ1n) is 26.0. The maximum atomic E-state index is 17.1. The van der Waals surface area contributed by atoms with E-state index in [1.165, 1.54) is 13.2 Å². The number of aromatic nitrogens is 6. The normalized spacial score (nSPS) is 19.7. The van der Waals surface area contributed by atoms with Gasteiger partial charge < -0.3 is 44.6 Å². The summed E-state index contributed by atoms with van der Waals surface area (Å²) in [5, 5.41) is 7.49. The van der Waals surface area contributed by atoms with Crippen LogP contribution in [0.4, 0.5) is 14.0 Å². The fourth-order valence-electron chi connectivity index (χ4n) is 11.0. The van der Waals surface area contributed by atoms with Crippen molar-refractivity contribution in [1.82, 2.24) is 49.9 Å². The van der Waals surface area contributed by atoms with Gasteiger partial charge in [-0.1, -0.05) is 63.3 Å². The summed E-state index contributed by atoms with van der Waals surface area (Å²) < 4.78 is 36.4. The molecule has 76 heavy (non-hydrogen) atoms. The highest BCUT2D eigenvalue weighted by molar-refractivity contribution is 7.11. The molecule has 17 nitrogen and oxygen atoms in total. The smallest absolute Gasteiger partial charge is 0.408 e. The van der Waals surface area contributed by atoms with Crippen LogP contribution in [0.2, 0.25) is 19.1 Å². The van der Waals surface area contributed by atoms with E-state index in [0.717, 1.165) is 57.4 Å². The average molecular weight is 1070 g/mol. The van der Waals surface area contributed by atoms with Crippen LogP contribution in [0.15, 0.2) is 85.3 Å². The number of carbonyl (C=O) groups excluding carboxylic acids is 4. The number of likely N-dealkylation sites (tertiary alicyclic amines) is 1. The van der Waals surface area contributed by atoms with E-state index in [4.69, 9.17) is 29.2 Å². The summed E-state index contributed by atoms with van der Waals surface area (Å²) in [6.45, 7) is 14.1. The Morgan fingerprint density at radius 2 is 1.57 bits per heavy atom. The van der Waals surface area contributed by atoms with E-state index in [1.54, 1.807) is 49.4 Å². The summed E-state index contributed by atoms with van der Waals surface area (Å²) in [6, 6.07) is 19.0. The lowest BCUT2D eigenvalue weighted by molar-refractivity contribution is -0.135. The van der Waals surface area contributed by atoms with Crippen LogP contribution in [0.25, 0.3) is 44.7 Å². The van der Waals surface area contributed by atoms with Gasteiger partial charge in [0.15, 0.2) is 0 Å². The van der Waals surface area contributed by atoms with Gasteiger partial charge in [0.2, 0.25) is 18.0 Å². The number of H-pyrrole nitrogens is 2. The largest absolute Gasteiger partial charge is 0.464 e. The first kappa shape index (κ1) is 50.8. The average Bonchev–Trinajstić information content (AvgIpc) is 4.16. The number of thiazole rings is 1. The van der Waals surface area contributed by atoms with Gasteiger partial charge in [0.1, 0.15) is 40.9 Å². The minimum atomic E-state index is -1.94. The third kappa shape index (κ3) is 9.87. The molecule has 0 bridgehead atoms. The van der Waals surface area contributed by atoms with E-state index < -0.39 is 50.0 Å². The molecule has 0 radical (unpaired) electrons. The molecular weight excluding hydrogens is 1000 g/mol. The quantitative estimate of drug-likeness (QED) is 0.0853. The molecule has 2 saturated heterocycles. The predicted octanol–water partition coefficient (Wildman–Crippen LogP) is 10.9. The monoisotopic (exact) mass is 1070 g/mol. The van der Waals surface area contributed by atoms with Gasteiger partial charge in [0, 0.05) is 41.3 Å². The molecule has 7 aromatic rings. The number of nitrogens with zero attached hydrogens (tertiary/aromatic N) is 6. The number of ether oxygens (including phenoxy) is 3. The summed E-state index contributed by atoms with van der Waals surface area (Å²) in [5.41, 5.74) is 4.44. The maximum absolute atomic E-state index is 17.1. The second-order valence-electron chi connectivity index (χ2n) is 22.6. The number of nitrogens with one attached hydrogen (secondary N) is 4. The lowest BCUT2D eigenvalue weighted by atomic mass is 10.0. The summed E-state index contributed by atoms with van der Waals surface area (Å²) in [7, 11) is -0.676. The molecule has 0 spiro atoms. The van der Waals surface area contributed by atoms with Crippen molar-refractivity contribution >= 4 is 54.3 Å². The lowest BCUT2D eigenvalue weighted by Crippen LogP contribution is -2.51. The van der Waals surface area contributed by atoms with E-state index in [2.05, 4.69) is 44.3 Å². The Labute approximate surface area is 445 Å². The minimum absolute atomic E-state index is 0.182. The highest BCUT2D eigenvalue weighted by Gasteiger charge is 2.46. The van der Waals surface area contributed by atoms with E-state index in [1.807, 2.05) is 79.5 Å². The number of hydrogen-bond donors (Lipinski definition) is 4. The topological polar surface area (TPSA) is 202 Å². The van der Waals surface area contributed by atoms with Crippen LogP contribution in [-0.2, 0) is 19.1 Å². The number of alkyl carbamates (subject to hydrolysis) is 2. The molecule has 11 rings (SSSR count). The van der Waals surface area contributed by atoms with Crippen molar-refractivity contribution in [2.45, 2.75) is 121 Å². The van der Waals surface area contributed by atoms with Crippen molar-refractivity contribution in [1.29, 1.82) is 0 Å². The predicted molar refractivity (Wildman–Crippen MR) is 289 cm³/mol. The number of rotatable bonds is 12. The van der Waals surface area contributed by atoms with Crippen molar-refractivity contribution in [3.63, 3.8) is 0 Å². The van der Waals surface area contributed by atoms with Crippen molar-refractivity contribution in [3.05, 3.63) is 118 Å². The standard InChI is InChI=1S/C56H63FN10O7SSi/c1-30(2)46(63-54(70)72-6)51(68)65-20-12-15-40(65)48-58-26-38(62-48)34-22-36(57)45-41-23-35-21-33(18-19-39(35)67(41)53(73-43(45)24-34)44-27-60-50(75-44)32-16-17-32)37-25-59-49(61-37)42-28-76(7,8)29-66(42)52(69)47(31-13-10-9-11-14-31)64-55(71)74-56(3,4)5/h9-11,13-14,18-19,21-27,30,32,40,42,46-47,53H,12,15-17,20,28-29H2,1-8H3,(H,58,62)(H,59,61)(H,63,70)(H,64,71)/t40-,42-,46-,47?,53-/m0/s1. The highest BCUT2D eigenvalue weighted by Crippen LogP contribution is 2.50. The van der Waals surface area contributed by atoms with Crippen molar-refractivity contribution in [2.24, 2.45) is 5.92 Å². The fourth-order valence-corrected chi connectivity index (χ4v) is 15.0. The van der Waals surface area contributed by atoms with Gasteiger partial charge >= 0.3 is 12.2 Å². The molecule has 7 heterocycles. The van der Waals surface area contributed by atoms with E-state index >= 15 is 4.39 Å². The Bertz CT molecular complexity index is 3380. The minimum Gasteiger partial charge on any atom is -0.464 e. The fraction of sp³-hybridized carbons (Fsp3) is 0.411. The van der Waals surface area contributed by atoms with Gasteiger partial charge in [-0.3, -0.25) is 14.2 Å².